The van der Waals surface area contributed by atoms with Gasteiger partial charge in [-0.1, -0.05) is 12.1 Å². The Morgan fingerprint density at radius 1 is 0.422 bits per heavy atom. The standard InChI is InChI=1S/C33H30N12/c1-21-10-35-41(15-21)29-28(40-20-34-26-8-6-7-9-27(26)40)30(42-16-22(2)11-36-42)32(44-18-24(4)13-38-44)33(45-19-25(5)14-39-45)31(29)43-17-23(3)12-37-43/h6-20H,1-5H3. The predicted octanol–water partition coefficient (Wildman–Crippen LogP) is 5.50. The molecule has 6 heterocycles. The van der Waals surface area contributed by atoms with E-state index < -0.39 is 0 Å². The first-order chi connectivity index (χ1) is 21.9. The van der Waals surface area contributed by atoms with E-state index in [9.17, 15) is 0 Å². The monoisotopic (exact) mass is 594 g/mol. The Bertz CT molecular complexity index is 2250. The van der Waals surface area contributed by atoms with Crippen LogP contribution in [0.5, 0.6) is 0 Å². The molecular weight excluding hydrogens is 564 g/mol. The average molecular weight is 595 g/mol. The summed E-state index contributed by atoms with van der Waals surface area (Å²) in [5, 5.41) is 24.3. The summed E-state index contributed by atoms with van der Waals surface area (Å²) < 4.78 is 11.6. The van der Waals surface area contributed by atoms with Crippen molar-refractivity contribution < 1.29 is 0 Å². The lowest BCUT2D eigenvalue weighted by Gasteiger charge is -2.26. The minimum absolute atomic E-state index is 0.758. The lowest BCUT2D eigenvalue weighted by molar-refractivity contribution is 0.753. The van der Waals surface area contributed by atoms with Gasteiger partial charge in [-0.15, -0.1) is 0 Å². The highest BCUT2D eigenvalue weighted by atomic mass is 15.4. The van der Waals surface area contributed by atoms with Gasteiger partial charge in [-0.05, 0) is 74.6 Å². The van der Waals surface area contributed by atoms with Gasteiger partial charge in [-0.3, -0.25) is 4.57 Å². The summed E-state index contributed by atoms with van der Waals surface area (Å²) in [4.78, 5) is 4.81. The van der Waals surface area contributed by atoms with E-state index in [4.69, 9.17) is 30.5 Å². The first-order valence-electron chi connectivity index (χ1n) is 14.6. The molecule has 0 amide bonds. The Kier molecular flexibility index (Phi) is 5.91. The second kappa shape index (κ2) is 10.0. The van der Waals surface area contributed by atoms with Crippen molar-refractivity contribution >= 4 is 11.0 Å². The lowest BCUT2D eigenvalue weighted by Crippen LogP contribution is -2.21. The number of aryl methyl sites for hydroxylation is 5. The molecule has 6 aromatic heterocycles. The molecule has 0 radical (unpaired) electrons. The molecule has 0 saturated carbocycles. The van der Waals surface area contributed by atoms with E-state index in [1.807, 2.05) is 145 Å². The third-order valence-electron chi connectivity index (χ3n) is 7.74. The van der Waals surface area contributed by atoms with E-state index in [0.717, 1.165) is 73.0 Å². The van der Waals surface area contributed by atoms with Gasteiger partial charge < -0.3 is 0 Å². The summed E-state index contributed by atoms with van der Waals surface area (Å²) in [7, 11) is 0. The van der Waals surface area contributed by atoms with Crippen LogP contribution in [0, 0.1) is 34.6 Å². The molecule has 12 nitrogen and oxygen atoms in total. The fraction of sp³-hybridized carbons (Fsp3) is 0.152. The molecule has 0 aliphatic heterocycles. The molecule has 0 unspecified atom stereocenters. The van der Waals surface area contributed by atoms with Crippen molar-refractivity contribution in [1.82, 2.24) is 58.5 Å². The normalized spacial score (nSPS) is 11.7. The fourth-order valence-electron chi connectivity index (χ4n) is 5.80. The molecule has 0 saturated heterocycles. The summed E-state index contributed by atoms with van der Waals surface area (Å²) in [6.45, 7) is 10.2. The summed E-state index contributed by atoms with van der Waals surface area (Å²) in [5.74, 6) is 0. The molecule has 0 aliphatic rings. The first kappa shape index (κ1) is 26.6. The van der Waals surface area contributed by atoms with Crippen molar-refractivity contribution in [3.8, 4) is 34.1 Å². The lowest BCUT2D eigenvalue weighted by atomic mass is 10.1. The van der Waals surface area contributed by atoms with Crippen LogP contribution in [0.4, 0.5) is 0 Å². The number of nitrogens with zero attached hydrogens (tertiary/aromatic N) is 12. The van der Waals surface area contributed by atoms with Crippen LogP contribution in [-0.2, 0) is 0 Å². The number of fused-ring (bicyclic) bond motifs is 1. The Hall–Kier alpha value is -6.04. The molecule has 8 aromatic rings. The SMILES string of the molecule is Cc1cnn(-c2c(-n3cc(C)cn3)c(-n3cc(C)cn3)c(-n3cnc4ccccc43)c(-n3cc(C)cn3)c2-n2cc(C)cn2)c1. The number of hydrogen-bond acceptors (Lipinski definition) is 6. The number of rotatable bonds is 6. The van der Waals surface area contributed by atoms with Gasteiger partial charge in [0.15, 0.2) is 0 Å². The van der Waals surface area contributed by atoms with Gasteiger partial charge in [-0.2, -0.15) is 25.5 Å². The molecule has 0 N–H and O–H groups in total. The molecule has 12 heteroatoms. The van der Waals surface area contributed by atoms with Crippen molar-refractivity contribution in [2.24, 2.45) is 0 Å². The van der Waals surface area contributed by atoms with Gasteiger partial charge in [0.25, 0.3) is 0 Å². The highest BCUT2D eigenvalue weighted by Gasteiger charge is 2.33. The van der Waals surface area contributed by atoms with E-state index in [-0.39, 0.29) is 0 Å². The van der Waals surface area contributed by atoms with Gasteiger partial charge >= 0.3 is 0 Å². The number of imidazole rings is 1. The van der Waals surface area contributed by atoms with E-state index in [1.54, 1.807) is 0 Å². The molecule has 8 rings (SSSR count). The Morgan fingerprint density at radius 3 is 1.09 bits per heavy atom. The molecular formula is C33H30N12. The van der Waals surface area contributed by atoms with Crippen LogP contribution in [0.15, 0.2) is 92.6 Å². The van der Waals surface area contributed by atoms with Crippen LogP contribution in [0.2, 0.25) is 0 Å². The maximum absolute atomic E-state index is 4.88. The molecule has 2 aromatic carbocycles. The Balaban J connectivity index is 1.69. The molecule has 0 fully saturated rings. The molecule has 0 spiro atoms. The highest BCUT2D eigenvalue weighted by molar-refractivity contribution is 5.90. The predicted molar refractivity (Wildman–Crippen MR) is 170 cm³/mol. The second-order valence-electron chi connectivity index (χ2n) is 11.5. The number of aromatic nitrogens is 12. The minimum atomic E-state index is 0.758. The summed E-state index contributed by atoms with van der Waals surface area (Å²) in [6, 6.07) is 8.09. The fourth-order valence-corrected chi connectivity index (χ4v) is 5.80. The summed E-state index contributed by atoms with van der Waals surface area (Å²) in [5.41, 5.74) is 11.5. The van der Waals surface area contributed by atoms with Crippen molar-refractivity contribution in [2.45, 2.75) is 34.6 Å². The van der Waals surface area contributed by atoms with E-state index in [1.165, 1.54) is 0 Å². The van der Waals surface area contributed by atoms with E-state index >= 15 is 0 Å². The third kappa shape index (κ3) is 4.29. The zero-order valence-corrected chi connectivity index (χ0v) is 25.5. The zero-order chi connectivity index (χ0) is 30.8. The second-order valence-corrected chi connectivity index (χ2v) is 11.5. The number of hydrogen-bond donors (Lipinski definition) is 0. The quantitative estimate of drug-likeness (QED) is 0.252. The van der Waals surface area contributed by atoms with Crippen LogP contribution < -0.4 is 0 Å². The van der Waals surface area contributed by atoms with E-state index in [0.29, 0.717) is 0 Å². The van der Waals surface area contributed by atoms with Crippen LogP contribution in [0.25, 0.3) is 45.2 Å². The third-order valence-corrected chi connectivity index (χ3v) is 7.74. The largest absolute Gasteiger partial charge is 0.295 e. The first-order valence-corrected chi connectivity index (χ1v) is 14.6. The summed E-state index contributed by atoms with van der Waals surface area (Å²) in [6.07, 6.45) is 21.2. The van der Waals surface area contributed by atoms with Gasteiger partial charge in [0.05, 0.1) is 42.0 Å². The van der Waals surface area contributed by atoms with Crippen LogP contribution in [0.1, 0.15) is 27.8 Å². The van der Waals surface area contributed by atoms with Crippen molar-refractivity contribution in [3.63, 3.8) is 0 Å². The molecule has 0 bridgehead atoms. The number of para-hydroxylation sites is 2. The summed E-state index contributed by atoms with van der Waals surface area (Å²) >= 11 is 0. The van der Waals surface area contributed by atoms with Gasteiger partial charge in [0.1, 0.15) is 40.5 Å². The van der Waals surface area contributed by atoms with Crippen molar-refractivity contribution in [3.05, 3.63) is 120 Å². The maximum atomic E-state index is 4.88. The highest BCUT2D eigenvalue weighted by Crippen LogP contribution is 2.43. The molecule has 222 valence electrons. The average Bonchev–Trinajstić information content (AvgIpc) is 3.86. The topological polar surface area (TPSA) is 107 Å². The van der Waals surface area contributed by atoms with Gasteiger partial charge in [0.2, 0.25) is 0 Å². The van der Waals surface area contributed by atoms with Crippen molar-refractivity contribution in [2.75, 3.05) is 0 Å². The Morgan fingerprint density at radius 2 is 0.756 bits per heavy atom. The zero-order valence-electron chi connectivity index (χ0n) is 25.5. The van der Waals surface area contributed by atoms with Crippen molar-refractivity contribution in [1.29, 1.82) is 0 Å². The van der Waals surface area contributed by atoms with Gasteiger partial charge in [0, 0.05) is 31.0 Å². The minimum Gasteiger partial charge on any atom is -0.295 e. The van der Waals surface area contributed by atoms with Gasteiger partial charge in [-0.25, -0.2) is 28.4 Å². The Labute approximate surface area is 258 Å². The smallest absolute Gasteiger partial charge is 0.121 e. The van der Waals surface area contributed by atoms with Crippen LogP contribution in [-0.4, -0.2) is 58.5 Å². The van der Waals surface area contributed by atoms with E-state index in [2.05, 4.69) is 10.6 Å². The molecule has 45 heavy (non-hydrogen) atoms. The van der Waals surface area contributed by atoms with Crippen LogP contribution in [0.3, 0.4) is 0 Å². The maximum Gasteiger partial charge on any atom is 0.121 e. The molecule has 0 atom stereocenters. The van der Waals surface area contributed by atoms with Crippen LogP contribution >= 0.6 is 0 Å². The number of benzene rings is 2. The molecule has 0 aliphatic carbocycles.